The zero-order valence-corrected chi connectivity index (χ0v) is 19.3. The summed E-state index contributed by atoms with van der Waals surface area (Å²) in [6, 6.07) is 17.3. The molecule has 1 aliphatic rings. The molecule has 0 spiro atoms. The van der Waals surface area contributed by atoms with Crippen LogP contribution in [-0.2, 0) is 12.8 Å². The summed E-state index contributed by atoms with van der Waals surface area (Å²) in [5, 5.41) is 15.1. The maximum absolute atomic E-state index is 13.5. The first-order chi connectivity index (χ1) is 15.6. The number of benzene rings is 2. The topological polar surface area (TPSA) is 88.5 Å². The minimum atomic E-state index is -0.469. The van der Waals surface area contributed by atoms with Gasteiger partial charge in [0, 0.05) is 15.7 Å². The van der Waals surface area contributed by atoms with E-state index in [0.29, 0.717) is 17.3 Å². The molecule has 4 aromatic rings. The van der Waals surface area contributed by atoms with Crippen molar-refractivity contribution in [1.82, 2.24) is 30.3 Å². The molecule has 0 saturated heterocycles. The smallest absolute Gasteiger partial charge is 0.272 e. The van der Waals surface area contributed by atoms with Crippen LogP contribution in [0.15, 0.2) is 59.1 Å². The molecule has 162 valence electrons. The van der Waals surface area contributed by atoms with Gasteiger partial charge in [0.15, 0.2) is 11.5 Å². The van der Waals surface area contributed by atoms with Crippen molar-refractivity contribution in [3.63, 3.8) is 0 Å². The number of aryl methyl sites for hydroxylation is 1. The number of hydrogen-bond acceptors (Lipinski definition) is 4. The summed E-state index contributed by atoms with van der Waals surface area (Å²) in [5.41, 5.74) is 4.49. The fraction of sp³-hybridized carbons (Fsp3) is 0.250. The monoisotopic (exact) mass is 490 g/mol. The standard InChI is InChI=1S/C24H23BrN6O/c1-15-26-23(29-28-15)21(16-8-3-2-4-9-16)27-24(32)22-19-12-5-6-13-20(19)31(30-22)18-11-7-10-17(25)14-18/h2-4,7-11,14,21H,5-6,12-13H2,1H3,(H,27,32)(H,26,28,29). The van der Waals surface area contributed by atoms with Gasteiger partial charge in [-0.1, -0.05) is 52.3 Å². The number of nitrogens with one attached hydrogen (secondary N) is 2. The maximum atomic E-state index is 13.5. The second-order valence-corrected chi connectivity index (χ2v) is 8.88. The fourth-order valence-corrected chi connectivity index (χ4v) is 4.62. The quantitative estimate of drug-likeness (QED) is 0.432. The molecule has 1 amide bonds. The van der Waals surface area contributed by atoms with Crippen molar-refractivity contribution in [3.05, 3.63) is 93.2 Å². The summed E-state index contributed by atoms with van der Waals surface area (Å²) in [5.74, 6) is 1.02. The molecule has 0 bridgehead atoms. The van der Waals surface area contributed by atoms with Crippen LogP contribution in [0.3, 0.4) is 0 Å². The third kappa shape index (κ3) is 3.98. The van der Waals surface area contributed by atoms with Gasteiger partial charge in [-0.2, -0.15) is 10.2 Å². The summed E-state index contributed by atoms with van der Waals surface area (Å²) in [6.45, 7) is 1.84. The number of nitrogens with zero attached hydrogens (tertiary/aromatic N) is 4. The highest BCUT2D eigenvalue weighted by Gasteiger charge is 2.28. The Bertz CT molecular complexity index is 1260. The van der Waals surface area contributed by atoms with Gasteiger partial charge >= 0.3 is 0 Å². The SMILES string of the molecule is Cc1nc(C(NC(=O)c2nn(-c3cccc(Br)c3)c3c2CCCC3)c2ccccc2)n[nH]1. The van der Waals surface area contributed by atoms with E-state index in [-0.39, 0.29) is 5.91 Å². The first-order valence-electron chi connectivity index (χ1n) is 10.7. The number of H-pyrrole nitrogens is 1. The molecule has 1 atom stereocenters. The highest BCUT2D eigenvalue weighted by molar-refractivity contribution is 9.10. The van der Waals surface area contributed by atoms with E-state index in [0.717, 1.165) is 52.7 Å². The highest BCUT2D eigenvalue weighted by Crippen LogP contribution is 2.29. The molecule has 1 aliphatic carbocycles. The molecule has 2 heterocycles. The number of rotatable bonds is 5. The van der Waals surface area contributed by atoms with Crippen LogP contribution >= 0.6 is 15.9 Å². The summed E-state index contributed by atoms with van der Waals surface area (Å²) >= 11 is 3.54. The Kier molecular flexibility index (Phi) is 5.61. The second kappa shape index (κ2) is 8.70. The number of aromatic nitrogens is 5. The summed E-state index contributed by atoms with van der Waals surface area (Å²) in [7, 11) is 0. The fourth-order valence-electron chi connectivity index (χ4n) is 4.23. The molecular formula is C24H23BrN6O. The Labute approximate surface area is 194 Å². The van der Waals surface area contributed by atoms with Crippen molar-refractivity contribution in [1.29, 1.82) is 0 Å². The van der Waals surface area contributed by atoms with Crippen molar-refractivity contribution in [2.45, 2.75) is 38.6 Å². The largest absolute Gasteiger partial charge is 0.336 e. The first kappa shape index (κ1) is 20.6. The van der Waals surface area contributed by atoms with Crippen LogP contribution in [0.4, 0.5) is 0 Å². The van der Waals surface area contributed by atoms with Gasteiger partial charge in [0.1, 0.15) is 11.9 Å². The van der Waals surface area contributed by atoms with Crippen molar-refractivity contribution in [3.8, 4) is 5.69 Å². The summed E-state index contributed by atoms with van der Waals surface area (Å²) < 4.78 is 2.90. The molecule has 0 radical (unpaired) electrons. The lowest BCUT2D eigenvalue weighted by Crippen LogP contribution is -2.31. The molecule has 1 unspecified atom stereocenters. The van der Waals surface area contributed by atoms with Gasteiger partial charge in [-0.3, -0.25) is 9.89 Å². The lowest BCUT2D eigenvalue weighted by Gasteiger charge is -2.17. The van der Waals surface area contributed by atoms with E-state index < -0.39 is 6.04 Å². The second-order valence-electron chi connectivity index (χ2n) is 7.97. The van der Waals surface area contributed by atoms with Crippen LogP contribution in [0.2, 0.25) is 0 Å². The van der Waals surface area contributed by atoms with E-state index in [4.69, 9.17) is 5.10 Å². The Hall–Kier alpha value is -3.26. The Morgan fingerprint density at radius 3 is 2.69 bits per heavy atom. The van der Waals surface area contributed by atoms with Gasteiger partial charge in [0.2, 0.25) is 0 Å². The summed E-state index contributed by atoms with van der Waals surface area (Å²) in [6.07, 6.45) is 3.91. The Morgan fingerprint density at radius 2 is 1.94 bits per heavy atom. The molecule has 2 aromatic carbocycles. The Balaban J connectivity index is 1.53. The van der Waals surface area contributed by atoms with Crippen LogP contribution in [-0.4, -0.2) is 30.9 Å². The first-order valence-corrected chi connectivity index (χ1v) is 11.5. The molecule has 0 saturated carbocycles. The average molecular weight is 491 g/mol. The van der Waals surface area contributed by atoms with Crippen LogP contribution in [0, 0.1) is 6.92 Å². The van der Waals surface area contributed by atoms with Gasteiger partial charge in [0.25, 0.3) is 5.91 Å². The zero-order chi connectivity index (χ0) is 22.1. The third-order valence-electron chi connectivity index (χ3n) is 5.73. The van der Waals surface area contributed by atoms with Gasteiger partial charge < -0.3 is 5.32 Å². The van der Waals surface area contributed by atoms with Crippen LogP contribution in [0.25, 0.3) is 5.69 Å². The maximum Gasteiger partial charge on any atom is 0.272 e. The molecule has 2 N–H and O–H groups in total. The minimum Gasteiger partial charge on any atom is -0.336 e. The van der Waals surface area contributed by atoms with Crippen molar-refractivity contribution >= 4 is 21.8 Å². The predicted molar refractivity (Wildman–Crippen MR) is 125 cm³/mol. The molecule has 0 aliphatic heterocycles. The summed E-state index contributed by atoms with van der Waals surface area (Å²) in [4.78, 5) is 18.0. The molecule has 5 rings (SSSR count). The van der Waals surface area contributed by atoms with Gasteiger partial charge in [0.05, 0.1) is 5.69 Å². The highest BCUT2D eigenvalue weighted by atomic mass is 79.9. The van der Waals surface area contributed by atoms with E-state index in [1.54, 1.807) is 0 Å². The van der Waals surface area contributed by atoms with Crippen LogP contribution in [0.5, 0.6) is 0 Å². The van der Waals surface area contributed by atoms with Gasteiger partial charge in [-0.05, 0) is 56.4 Å². The van der Waals surface area contributed by atoms with E-state index in [2.05, 4.69) is 36.4 Å². The number of aromatic amines is 1. The molecule has 32 heavy (non-hydrogen) atoms. The Morgan fingerprint density at radius 1 is 1.12 bits per heavy atom. The zero-order valence-electron chi connectivity index (χ0n) is 17.7. The van der Waals surface area contributed by atoms with E-state index in [9.17, 15) is 4.79 Å². The van der Waals surface area contributed by atoms with E-state index >= 15 is 0 Å². The van der Waals surface area contributed by atoms with Crippen molar-refractivity contribution in [2.75, 3.05) is 0 Å². The number of carbonyl (C=O) groups is 1. The average Bonchev–Trinajstić information content (AvgIpc) is 3.42. The van der Waals surface area contributed by atoms with Crippen molar-refractivity contribution < 1.29 is 4.79 Å². The number of hydrogen-bond donors (Lipinski definition) is 2. The molecule has 8 heteroatoms. The number of amides is 1. The molecule has 2 aromatic heterocycles. The lowest BCUT2D eigenvalue weighted by atomic mass is 9.95. The molecular weight excluding hydrogens is 468 g/mol. The number of carbonyl (C=O) groups excluding carboxylic acids is 1. The predicted octanol–water partition coefficient (Wildman–Crippen LogP) is 4.46. The van der Waals surface area contributed by atoms with Gasteiger partial charge in [-0.25, -0.2) is 9.67 Å². The van der Waals surface area contributed by atoms with Crippen molar-refractivity contribution in [2.24, 2.45) is 0 Å². The minimum absolute atomic E-state index is 0.215. The van der Waals surface area contributed by atoms with Crippen LogP contribution in [0.1, 0.15) is 57.8 Å². The third-order valence-corrected chi connectivity index (χ3v) is 6.22. The van der Waals surface area contributed by atoms with E-state index in [1.807, 2.05) is 66.2 Å². The number of fused-ring (bicyclic) bond motifs is 1. The molecule has 0 fully saturated rings. The number of halogens is 1. The lowest BCUT2D eigenvalue weighted by molar-refractivity contribution is 0.0935. The van der Waals surface area contributed by atoms with Gasteiger partial charge in [-0.15, -0.1) is 0 Å². The van der Waals surface area contributed by atoms with E-state index in [1.165, 1.54) is 0 Å². The molecule has 7 nitrogen and oxygen atoms in total. The van der Waals surface area contributed by atoms with Crippen LogP contribution < -0.4 is 5.32 Å². The normalized spacial score (nSPS) is 14.1.